The third-order valence-corrected chi connectivity index (χ3v) is 5.98. The zero-order valence-corrected chi connectivity index (χ0v) is 13.4. The zero-order valence-electron chi connectivity index (χ0n) is 12.6. The summed E-state index contributed by atoms with van der Waals surface area (Å²) in [7, 11) is 0. The van der Waals surface area contributed by atoms with Gasteiger partial charge in [-0.15, -0.1) is 11.3 Å². The van der Waals surface area contributed by atoms with Crippen LogP contribution in [0.15, 0.2) is 30.3 Å². The van der Waals surface area contributed by atoms with E-state index in [1.165, 1.54) is 26.7 Å². The first-order chi connectivity index (χ1) is 11.1. The number of benzene rings is 1. The normalized spacial score (nSPS) is 19.3. The van der Waals surface area contributed by atoms with Gasteiger partial charge in [-0.3, -0.25) is 4.79 Å². The highest BCUT2D eigenvalue weighted by atomic mass is 32.1. The smallest absolute Gasteiger partial charge is 0.326 e. The highest BCUT2D eigenvalue weighted by Gasteiger charge is 2.35. The number of thiophene rings is 1. The average molecular weight is 327 g/mol. The summed E-state index contributed by atoms with van der Waals surface area (Å²) < 4.78 is 0. The van der Waals surface area contributed by atoms with Gasteiger partial charge in [-0.1, -0.05) is 24.3 Å². The van der Waals surface area contributed by atoms with Gasteiger partial charge in [0.2, 0.25) is 0 Å². The molecule has 1 aromatic carbocycles. The molecule has 118 valence electrons. The van der Waals surface area contributed by atoms with Crippen LogP contribution in [0.5, 0.6) is 0 Å². The Morgan fingerprint density at radius 2 is 1.91 bits per heavy atom. The lowest BCUT2D eigenvalue weighted by molar-refractivity contribution is -0.142. The van der Waals surface area contributed by atoms with E-state index in [0.29, 0.717) is 17.8 Å². The van der Waals surface area contributed by atoms with Crippen LogP contribution in [-0.4, -0.2) is 27.9 Å². The lowest BCUT2D eigenvalue weighted by Gasteiger charge is -2.34. The highest BCUT2D eigenvalue weighted by molar-refractivity contribution is 7.14. The molecule has 0 radical (unpaired) electrons. The maximum atomic E-state index is 12.9. The second kappa shape index (κ2) is 5.49. The quantitative estimate of drug-likeness (QED) is 0.923. The van der Waals surface area contributed by atoms with Crippen molar-refractivity contribution in [3.05, 3.63) is 56.8 Å². The molecule has 1 aliphatic heterocycles. The second-order valence-electron chi connectivity index (χ2n) is 6.17. The van der Waals surface area contributed by atoms with E-state index >= 15 is 0 Å². The predicted molar refractivity (Wildman–Crippen MR) is 87.8 cm³/mol. The van der Waals surface area contributed by atoms with E-state index in [1.54, 1.807) is 0 Å². The van der Waals surface area contributed by atoms with Crippen molar-refractivity contribution >= 4 is 23.2 Å². The molecule has 1 amide bonds. The average Bonchev–Trinajstić information content (AvgIpc) is 3.14. The van der Waals surface area contributed by atoms with E-state index in [-0.39, 0.29) is 5.91 Å². The van der Waals surface area contributed by atoms with Gasteiger partial charge in [-0.25, -0.2) is 4.79 Å². The summed E-state index contributed by atoms with van der Waals surface area (Å²) in [4.78, 5) is 28.1. The number of aryl methyl sites for hydroxylation is 2. The number of carboxylic acids is 1. The summed E-state index contributed by atoms with van der Waals surface area (Å²) in [5.74, 6) is -1.08. The summed E-state index contributed by atoms with van der Waals surface area (Å²) in [6, 6.07) is 8.96. The Kier molecular flexibility index (Phi) is 3.45. The molecular formula is C18H17NO3S. The highest BCUT2D eigenvalue weighted by Crippen LogP contribution is 2.33. The van der Waals surface area contributed by atoms with Crippen LogP contribution in [0.3, 0.4) is 0 Å². The number of carbonyl (C=O) groups is 2. The van der Waals surface area contributed by atoms with Crippen molar-refractivity contribution in [2.45, 2.75) is 38.3 Å². The summed E-state index contributed by atoms with van der Waals surface area (Å²) in [5, 5.41) is 9.56. The second-order valence-corrected chi connectivity index (χ2v) is 7.31. The fourth-order valence-electron chi connectivity index (χ4n) is 3.53. The zero-order chi connectivity index (χ0) is 16.0. The van der Waals surface area contributed by atoms with Crippen LogP contribution in [0.1, 0.15) is 37.7 Å². The van der Waals surface area contributed by atoms with Gasteiger partial charge in [0.15, 0.2) is 0 Å². The third kappa shape index (κ3) is 2.45. The van der Waals surface area contributed by atoms with E-state index < -0.39 is 12.0 Å². The molecule has 2 heterocycles. The lowest BCUT2D eigenvalue weighted by Crippen LogP contribution is -2.48. The minimum absolute atomic E-state index is 0.147. The largest absolute Gasteiger partial charge is 0.480 e. The first kappa shape index (κ1) is 14.5. The Bertz CT molecular complexity index is 774. The van der Waals surface area contributed by atoms with Gasteiger partial charge in [-0.05, 0) is 42.0 Å². The molecule has 0 bridgehead atoms. The molecule has 2 aromatic rings. The minimum atomic E-state index is -0.933. The van der Waals surface area contributed by atoms with Crippen molar-refractivity contribution in [3.63, 3.8) is 0 Å². The molecule has 1 N–H and O–H groups in total. The van der Waals surface area contributed by atoms with Gasteiger partial charge in [0.1, 0.15) is 6.04 Å². The molecule has 0 spiro atoms. The Morgan fingerprint density at radius 3 is 2.65 bits per heavy atom. The van der Waals surface area contributed by atoms with Crippen LogP contribution in [-0.2, 0) is 30.6 Å². The van der Waals surface area contributed by atoms with Crippen molar-refractivity contribution in [1.29, 1.82) is 0 Å². The Hall–Kier alpha value is -2.14. The van der Waals surface area contributed by atoms with Crippen LogP contribution in [0.25, 0.3) is 0 Å². The number of carbonyl (C=O) groups excluding carboxylic acids is 1. The van der Waals surface area contributed by atoms with Crippen molar-refractivity contribution in [2.75, 3.05) is 0 Å². The van der Waals surface area contributed by atoms with E-state index in [4.69, 9.17) is 0 Å². The van der Waals surface area contributed by atoms with Gasteiger partial charge in [0.25, 0.3) is 5.91 Å². The van der Waals surface area contributed by atoms with Crippen LogP contribution in [0.2, 0.25) is 0 Å². The van der Waals surface area contributed by atoms with Gasteiger partial charge in [0, 0.05) is 17.8 Å². The number of carboxylic acid groups (broad SMARTS) is 1. The Balaban J connectivity index is 1.67. The van der Waals surface area contributed by atoms with Crippen LogP contribution in [0.4, 0.5) is 0 Å². The molecule has 0 saturated heterocycles. The van der Waals surface area contributed by atoms with E-state index in [9.17, 15) is 14.7 Å². The molecule has 0 saturated carbocycles. The molecule has 1 atom stereocenters. The van der Waals surface area contributed by atoms with E-state index in [1.807, 2.05) is 30.3 Å². The fourth-order valence-corrected chi connectivity index (χ4v) is 4.74. The molecule has 1 unspecified atom stereocenters. The Labute approximate surface area is 138 Å². The van der Waals surface area contributed by atoms with Crippen LogP contribution < -0.4 is 0 Å². The van der Waals surface area contributed by atoms with Gasteiger partial charge in [-0.2, -0.15) is 0 Å². The number of hydrogen-bond donors (Lipinski definition) is 1. The Morgan fingerprint density at radius 1 is 1.13 bits per heavy atom. The first-order valence-electron chi connectivity index (χ1n) is 7.85. The topological polar surface area (TPSA) is 57.6 Å². The van der Waals surface area contributed by atoms with Crippen molar-refractivity contribution < 1.29 is 14.7 Å². The molecule has 1 aliphatic carbocycles. The van der Waals surface area contributed by atoms with Gasteiger partial charge in [0.05, 0.1) is 4.88 Å². The number of amides is 1. The predicted octanol–water partition coefficient (Wildman–Crippen LogP) is 2.89. The first-order valence-corrected chi connectivity index (χ1v) is 8.67. The number of fused-ring (bicyclic) bond motifs is 2. The maximum Gasteiger partial charge on any atom is 0.326 e. The molecule has 4 nitrogen and oxygen atoms in total. The SMILES string of the molecule is O=C(O)C1Cc2ccccc2CN1C(=O)c1cc2c(s1)CCC2. The molecule has 2 aliphatic rings. The van der Waals surface area contributed by atoms with E-state index in [2.05, 4.69) is 0 Å². The van der Waals surface area contributed by atoms with Crippen LogP contribution >= 0.6 is 11.3 Å². The van der Waals surface area contributed by atoms with Crippen molar-refractivity contribution in [3.8, 4) is 0 Å². The van der Waals surface area contributed by atoms with Crippen molar-refractivity contribution in [2.24, 2.45) is 0 Å². The van der Waals surface area contributed by atoms with Gasteiger partial charge < -0.3 is 10.0 Å². The molecule has 1 aromatic heterocycles. The maximum absolute atomic E-state index is 12.9. The fraction of sp³-hybridized carbons (Fsp3) is 0.333. The molecular weight excluding hydrogens is 310 g/mol. The molecule has 4 rings (SSSR count). The summed E-state index contributed by atoms with van der Waals surface area (Å²) >= 11 is 1.53. The monoisotopic (exact) mass is 327 g/mol. The third-order valence-electron chi connectivity index (χ3n) is 4.75. The molecule has 0 fully saturated rings. The number of aliphatic carboxylic acids is 1. The summed E-state index contributed by atoms with van der Waals surface area (Å²) in [5.41, 5.74) is 3.34. The van der Waals surface area contributed by atoms with Crippen molar-refractivity contribution in [1.82, 2.24) is 4.90 Å². The minimum Gasteiger partial charge on any atom is -0.480 e. The standard InChI is InChI=1S/C18H17NO3S/c20-17(16-9-12-6-3-7-15(12)23-16)19-10-13-5-2-1-4-11(13)8-14(19)18(21)22/h1-2,4-5,9,14H,3,6-8,10H2,(H,21,22). The number of hydrogen-bond acceptors (Lipinski definition) is 3. The van der Waals surface area contributed by atoms with E-state index in [0.717, 1.165) is 30.4 Å². The summed E-state index contributed by atoms with van der Waals surface area (Å²) in [6.07, 6.45) is 3.61. The molecule has 23 heavy (non-hydrogen) atoms. The van der Waals surface area contributed by atoms with Gasteiger partial charge >= 0.3 is 5.97 Å². The summed E-state index contributed by atoms with van der Waals surface area (Å²) in [6.45, 7) is 0.370. The number of rotatable bonds is 2. The number of nitrogens with zero attached hydrogens (tertiary/aromatic N) is 1. The van der Waals surface area contributed by atoms with Crippen LogP contribution in [0, 0.1) is 0 Å². The molecule has 5 heteroatoms. The lowest BCUT2D eigenvalue weighted by atomic mass is 9.94.